The third-order valence-corrected chi connectivity index (χ3v) is 3.97. The number of nitrogens with one attached hydrogen (secondary N) is 1. The Morgan fingerprint density at radius 2 is 1.83 bits per heavy atom. The maximum absolute atomic E-state index is 13.1. The summed E-state index contributed by atoms with van der Waals surface area (Å²) in [6.07, 6.45) is 0.968. The van der Waals surface area contributed by atoms with Crippen LogP contribution in [0.2, 0.25) is 0 Å². The quantitative estimate of drug-likeness (QED) is 0.819. The molecule has 1 fully saturated rings. The van der Waals surface area contributed by atoms with Gasteiger partial charge in [0.05, 0.1) is 6.54 Å². The number of hydrogen-bond acceptors (Lipinski definition) is 3. The van der Waals surface area contributed by atoms with Crippen LogP contribution < -0.4 is 15.8 Å². The molecular weight excluding hydrogens is 314 g/mol. The Bertz CT molecular complexity index is 714. The van der Waals surface area contributed by atoms with E-state index < -0.39 is 11.6 Å². The second-order valence-electron chi connectivity index (χ2n) is 5.93. The first-order valence-corrected chi connectivity index (χ1v) is 7.70. The molecule has 1 saturated carbocycles. The van der Waals surface area contributed by atoms with Crippen LogP contribution in [0.5, 0.6) is 5.75 Å². The van der Waals surface area contributed by atoms with Crippen LogP contribution in [0.1, 0.15) is 23.5 Å². The Balaban J connectivity index is 1.53. The van der Waals surface area contributed by atoms with E-state index in [-0.39, 0.29) is 25.1 Å². The number of rotatable bonds is 7. The number of hydrogen-bond donors (Lipinski definition) is 2. The van der Waals surface area contributed by atoms with Crippen molar-refractivity contribution in [1.29, 1.82) is 0 Å². The molecule has 6 heteroatoms. The van der Waals surface area contributed by atoms with Gasteiger partial charge in [-0.1, -0.05) is 12.1 Å². The molecule has 3 N–H and O–H groups in total. The van der Waals surface area contributed by atoms with Crippen LogP contribution in [-0.4, -0.2) is 18.5 Å². The molecule has 0 aromatic heterocycles. The fourth-order valence-corrected chi connectivity index (χ4v) is 2.69. The Kier molecular flexibility index (Phi) is 4.76. The molecule has 2 aromatic rings. The molecule has 1 aliphatic rings. The van der Waals surface area contributed by atoms with Gasteiger partial charge in [-0.25, -0.2) is 8.78 Å². The second-order valence-corrected chi connectivity index (χ2v) is 5.93. The monoisotopic (exact) mass is 332 g/mol. The highest BCUT2D eigenvalue weighted by atomic mass is 19.1. The van der Waals surface area contributed by atoms with Crippen LogP contribution in [0, 0.1) is 11.6 Å². The topological polar surface area (TPSA) is 64.4 Å². The number of nitrogens with two attached hydrogens (primary N) is 1. The lowest BCUT2D eigenvalue weighted by atomic mass is 10.1. The third-order valence-electron chi connectivity index (χ3n) is 3.97. The maximum atomic E-state index is 13.1. The van der Waals surface area contributed by atoms with E-state index in [2.05, 4.69) is 5.32 Å². The highest BCUT2D eigenvalue weighted by molar-refractivity contribution is 5.76. The summed E-state index contributed by atoms with van der Waals surface area (Å²) in [5.74, 6) is -0.598. The number of carbonyl (C=O) groups excluding carboxylic acids is 1. The average Bonchev–Trinajstić information content (AvgIpc) is 3.30. The number of halogens is 2. The molecule has 1 aliphatic carbocycles. The number of primary amides is 1. The first-order chi connectivity index (χ1) is 11.5. The van der Waals surface area contributed by atoms with Crippen molar-refractivity contribution in [3.63, 3.8) is 0 Å². The van der Waals surface area contributed by atoms with Crippen LogP contribution in [0.15, 0.2) is 42.5 Å². The van der Waals surface area contributed by atoms with E-state index in [1.807, 2.05) is 24.3 Å². The van der Waals surface area contributed by atoms with Gasteiger partial charge in [0.2, 0.25) is 5.91 Å². The zero-order valence-corrected chi connectivity index (χ0v) is 13.0. The summed E-state index contributed by atoms with van der Waals surface area (Å²) in [5.41, 5.74) is 6.70. The minimum absolute atomic E-state index is 0.0975. The second kappa shape index (κ2) is 6.97. The van der Waals surface area contributed by atoms with E-state index >= 15 is 0 Å². The van der Waals surface area contributed by atoms with Gasteiger partial charge in [-0.3, -0.25) is 4.79 Å². The average molecular weight is 332 g/mol. The zero-order valence-electron chi connectivity index (χ0n) is 13.0. The molecule has 0 spiro atoms. The third kappa shape index (κ3) is 4.29. The first kappa shape index (κ1) is 16.4. The molecule has 0 aliphatic heterocycles. The van der Waals surface area contributed by atoms with Gasteiger partial charge < -0.3 is 15.8 Å². The van der Waals surface area contributed by atoms with Crippen LogP contribution in [-0.2, 0) is 11.4 Å². The largest absolute Gasteiger partial charge is 0.489 e. The number of ether oxygens (including phenoxy) is 1. The molecular formula is C18H18F2N2O2. The van der Waals surface area contributed by atoms with Crippen molar-refractivity contribution in [2.75, 3.05) is 6.54 Å². The summed E-state index contributed by atoms with van der Waals surface area (Å²) >= 11 is 0. The van der Waals surface area contributed by atoms with Gasteiger partial charge in [-0.2, -0.15) is 0 Å². The van der Waals surface area contributed by atoms with Gasteiger partial charge in [0, 0.05) is 18.0 Å². The van der Waals surface area contributed by atoms with Crippen LogP contribution in [0.25, 0.3) is 0 Å². The SMILES string of the molecule is NC(=O)CN[C@@H]1C[C@H]1c1ccc(OCc2cc(F)cc(F)c2)cc1. The molecule has 4 nitrogen and oxygen atoms in total. The van der Waals surface area contributed by atoms with Crippen molar-refractivity contribution in [3.8, 4) is 5.75 Å². The maximum Gasteiger partial charge on any atom is 0.231 e. The molecule has 3 rings (SSSR count). The van der Waals surface area contributed by atoms with Gasteiger partial charge >= 0.3 is 0 Å². The number of amides is 1. The van der Waals surface area contributed by atoms with Crippen LogP contribution >= 0.6 is 0 Å². The Morgan fingerprint density at radius 1 is 1.17 bits per heavy atom. The summed E-state index contributed by atoms with van der Waals surface area (Å²) in [4.78, 5) is 10.7. The fourth-order valence-electron chi connectivity index (χ4n) is 2.69. The number of benzene rings is 2. The number of carbonyl (C=O) groups is 1. The predicted molar refractivity (Wildman–Crippen MR) is 85.5 cm³/mol. The van der Waals surface area contributed by atoms with E-state index in [0.717, 1.165) is 18.1 Å². The summed E-state index contributed by atoms with van der Waals surface area (Å²) < 4.78 is 31.8. The van der Waals surface area contributed by atoms with Crippen molar-refractivity contribution in [2.24, 2.45) is 5.73 Å². The molecule has 2 atom stereocenters. The van der Waals surface area contributed by atoms with Crippen molar-refractivity contribution < 1.29 is 18.3 Å². The normalized spacial score (nSPS) is 19.1. The minimum atomic E-state index is -0.618. The highest BCUT2D eigenvalue weighted by Gasteiger charge is 2.37. The Labute approximate surface area is 138 Å². The van der Waals surface area contributed by atoms with Gasteiger partial charge in [-0.05, 0) is 41.8 Å². The lowest BCUT2D eigenvalue weighted by molar-refractivity contribution is -0.117. The molecule has 0 radical (unpaired) electrons. The minimum Gasteiger partial charge on any atom is -0.489 e. The van der Waals surface area contributed by atoms with E-state index in [1.54, 1.807) is 0 Å². The summed E-state index contributed by atoms with van der Waals surface area (Å²) in [6, 6.07) is 11.2. The van der Waals surface area contributed by atoms with Gasteiger partial charge in [0.25, 0.3) is 0 Å². The van der Waals surface area contributed by atoms with E-state index in [4.69, 9.17) is 10.5 Å². The molecule has 0 bridgehead atoms. The summed E-state index contributed by atoms with van der Waals surface area (Å²) in [6.45, 7) is 0.285. The standard InChI is InChI=1S/C18H18F2N2O2/c19-13-5-11(6-14(20)7-13)10-24-15-3-1-12(2-4-15)16-8-17(16)22-9-18(21)23/h1-7,16-17,22H,8-10H2,(H2,21,23)/t16-,17+/m0/s1. The smallest absolute Gasteiger partial charge is 0.231 e. The van der Waals surface area contributed by atoms with Crippen molar-refractivity contribution in [2.45, 2.75) is 25.0 Å². The molecule has 2 aromatic carbocycles. The van der Waals surface area contributed by atoms with Crippen molar-refractivity contribution in [3.05, 3.63) is 65.2 Å². The Morgan fingerprint density at radius 3 is 2.46 bits per heavy atom. The van der Waals surface area contributed by atoms with E-state index in [9.17, 15) is 13.6 Å². The molecule has 0 heterocycles. The van der Waals surface area contributed by atoms with Crippen LogP contribution in [0.3, 0.4) is 0 Å². The van der Waals surface area contributed by atoms with Gasteiger partial charge in [-0.15, -0.1) is 0 Å². The van der Waals surface area contributed by atoms with Gasteiger partial charge in [0.15, 0.2) is 0 Å². The predicted octanol–water partition coefficient (Wildman–Crippen LogP) is 2.47. The fraction of sp³-hybridized carbons (Fsp3) is 0.278. The lowest BCUT2D eigenvalue weighted by Gasteiger charge is -2.08. The van der Waals surface area contributed by atoms with Crippen molar-refractivity contribution in [1.82, 2.24) is 5.32 Å². The molecule has 1 amide bonds. The van der Waals surface area contributed by atoms with Crippen LogP contribution in [0.4, 0.5) is 8.78 Å². The first-order valence-electron chi connectivity index (χ1n) is 7.70. The molecule has 0 saturated heterocycles. The summed E-state index contributed by atoms with van der Waals surface area (Å²) in [7, 11) is 0. The zero-order chi connectivity index (χ0) is 17.1. The van der Waals surface area contributed by atoms with Gasteiger partial charge in [0.1, 0.15) is 24.0 Å². The lowest BCUT2D eigenvalue weighted by Crippen LogP contribution is -2.30. The van der Waals surface area contributed by atoms with E-state index in [0.29, 0.717) is 17.2 Å². The highest BCUT2D eigenvalue weighted by Crippen LogP contribution is 2.41. The summed E-state index contributed by atoms with van der Waals surface area (Å²) in [5, 5.41) is 3.10. The molecule has 0 unspecified atom stereocenters. The van der Waals surface area contributed by atoms with Crippen molar-refractivity contribution >= 4 is 5.91 Å². The molecule has 24 heavy (non-hydrogen) atoms. The van der Waals surface area contributed by atoms with E-state index in [1.165, 1.54) is 12.1 Å². The Hall–Kier alpha value is -2.47. The molecule has 126 valence electrons.